The van der Waals surface area contributed by atoms with Crippen molar-refractivity contribution in [3.63, 3.8) is 0 Å². The number of nitrogens with one attached hydrogen (secondary N) is 1. The molecule has 0 aliphatic carbocycles. The number of fused-ring (bicyclic) bond motifs is 1. The van der Waals surface area contributed by atoms with E-state index in [4.69, 9.17) is 0 Å². The predicted molar refractivity (Wildman–Crippen MR) is 79.6 cm³/mol. The van der Waals surface area contributed by atoms with E-state index in [0.29, 0.717) is 0 Å². The maximum atomic E-state index is 4.63. The van der Waals surface area contributed by atoms with Gasteiger partial charge in [0.25, 0.3) is 0 Å². The van der Waals surface area contributed by atoms with E-state index in [1.165, 1.54) is 0 Å². The Labute approximate surface area is 120 Å². The summed E-state index contributed by atoms with van der Waals surface area (Å²) in [5.41, 5.74) is 2.13. The monoisotopic (exact) mass is 286 g/mol. The molecule has 2 heterocycles. The molecule has 0 bridgehead atoms. The molecule has 0 aliphatic rings. The number of aryl methyl sites for hydroxylation is 1. The molecule has 0 aliphatic heterocycles. The Balaban J connectivity index is 1.91. The largest absolute Gasteiger partial charge is 0.373 e. The fourth-order valence-corrected chi connectivity index (χ4v) is 2.79. The topological polar surface area (TPSA) is 68.5 Å². The van der Waals surface area contributed by atoms with Crippen molar-refractivity contribution in [3.05, 3.63) is 35.9 Å². The van der Waals surface area contributed by atoms with Crippen LogP contribution >= 0.6 is 11.8 Å². The summed E-state index contributed by atoms with van der Waals surface area (Å²) in [5, 5.41) is 16.5. The summed E-state index contributed by atoms with van der Waals surface area (Å²) < 4.78 is 1.66. The molecule has 0 saturated heterocycles. The number of para-hydroxylation sites is 1. The Hall–Kier alpha value is -2.15. The Kier molecular flexibility index (Phi) is 3.51. The minimum atomic E-state index is 0.766. The highest BCUT2D eigenvalue weighted by molar-refractivity contribution is 7.98. The fourth-order valence-electron chi connectivity index (χ4n) is 1.97. The first-order valence-electron chi connectivity index (χ1n) is 6.19. The number of nitrogens with zero attached hydrogens (tertiary/aromatic N) is 5. The summed E-state index contributed by atoms with van der Waals surface area (Å²) >= 11 is 1.59. The molecule has 0 unspecified atom stereocenters. The molecule has 0 radical (unpaired) electrons. The van der Waals surface area contributed by atoms with Gasteiger partial charge in [-0.2, -0.15) is 0 Å². The molecule has 2 aromatic heterocycles. The van der Waals surface area contributed by atoms with E-state index in [-0.39, 0.29) is 0 Å². The number of rotatable bonds is 4. The highest BCUT2D eigenvalue weighted by Gasteiger charge is 2.09. The number of aromatic nitrogens is 5. The molecule has 3 aromatic rings. The molecule has 3 rings (SSSR count). The van der Waals surface area contributed by atoms with Gasteiger partial charge in [0.05, 0.1) is 5.52 Å². The second-order valence-electron chi connectivity index (χ2n) is 4.31. The minimum absolute atomic E-state index is 0.766. The molecule has 0 saturated carbocycles. The third-order valence-corrected chi connectivity index (χ3v) is 4.04. The average Bonchev–Trinajstić information content (AvgIpc) is 2.89. The SMILES string of the molecule is CNc1nc2ccccc2cc1CSc1nnnn1C. The average molecular weight is 286 g/mol. The number of hydrogen-bond acceptors (Lipinski definition) is 6. The first-order chi connectivity index (χ1) is 9.78. The van der Waals surface area contributed by atoms with Gasteiger partial charge in [0.2, 0.25) is 5.16 Å². The zero-order valence-corrected chi connectivity index (χ0v) is 12.1. The van der Waals surface area contributed by atoms with Gasteiger partial charge in [-0.1, -0.05) is 30.0 Å². The van der Waals surface area contributed by atoms with Crippen LogP contribution in [0.15, 0.2) is 35.5 Å². The van der Waals surface area contributed by atoms with Crippen LogP contribution in [0.5, 0.6) is 0 Å². The van der Waals surface area contributed by atoms with E-state index in [0.717, 1.165) is 33.2 Å². The van der Waals surface area contributed by atoms with Gasteiger partial charge >= 0.3 is 0 Å². The number of pyridine rings is 1. The standard InChI is InChI=1S/C13H14N6S/c1-14-12-10(8-20-13-16-17-18-19(13)2)7-9-5-3-4-6-11(9)15-12/h3-7H,8H2,1-2H3,(H,14,15). The van der Waals surface area contributed by atoms with Gasteiger partial charge in [-0.15, -0.1) is 5.10 Å². The summed E-state index contributed by atoms with van der Waals surface area (Å²) in [6.07, 6.45) is 0. The van der Waals surface area contributed by atoms with Crippen molar-refractivity contribution in [1.82, 2.24) is 25.2 Å². The van der Waals surface area contributed by atoms with E-state index in [2.05, 4.69) is 38.0 Å². The number of tetrazole rings is 1. The molecule has 7 heteroatoms. The van der Waals surface area contributed by atoms with Crippen LogP contribution in [-0.2, 0) is 12.8 Å². The van der Waals surface area contributed by atoms with Gasteiger partial charge in [0, 0.05) is 30.8 Å². The lowest BCUT2D eigenvalue weighted by Crippen LogP contribution is -1.99. The smallest absolute Gasteiger partial charge is 0.209 e. The Morgan fingerprint density at radius 1 is 1.30 bits per heavy atom. The van der Waals surface area contributed by atoms with Crippen molar-refractivity contribution in [2.24, 2.45) is 7.05 Å². The zero-order chi connectivity index (χ0) is 13.9. The minimum Gasteiger partial charge on any atom is -0.373 e. The number of hydrogen-bond donors (Lipinski definition) is 1. The van der Waals surface area contributed by atoms with Gasteiger partial charge in [0.15, 0.2) is 0 Å². The molecule has 0 fully saturated rings. The van der Waals surface area contributed by atoms with E-state index in [1.807, 2.05) is 32.3 Å². The normalized spacial score (nSPS) is 10.9. The van der Waals surface area contributed by atoms with Crippen molar-refractivity contribution < 1.29 is 0 Å². The molecule has 6 nitrogen and oxygen atoms in total. The molecule has 20 heavy (non-hydrogen) atoms. The molecule has 0 atom stereocenters. The van der Waals surface area contributed by atoms with Gasteiger partial charge in [-0.25, -0.2) is 9.67 Å². The lowest BCUT2D eigenvalue weighted by atomic mass is 10.1. The van der Waals surface area contributed by atoms with Gasteiger partial charge < -0.3 is 5.32 Å². The van der Waals surface area contributed by atoms with E-state index >= 15 is 0 Å². The summed E-state index contributed by atoms with van der Waals surface area (Å²) in [6, 6.07) is 10.3. The molecule has 1 N–H and O–H groups in total. The van der Waals surface area contributed by atoms with E-state index < -0.39 is 0 Å². The second-order valence-corrected chi connectivity index (χ2v) is 5.26. The summed E-state index contributed by atoms with van der Waals surface area (Å²) in [7, 11) is 3.72. The third-order valence-electron chi connectivity index (χ3n) is 2.98. The molecule has 1 aromatic carbocycles. The lowest BCUT2D eigenvalue weighted by Gasteiger charge is -2.09. The Morgan fingerprint density at radius 3 is 2.90 bits per heavy atom. The van der Waals surface area contributed by atoms with E-state index in [9.17, 15) is 0 Å². The Bertz CT molecular complexity index is 739. The van der Waals surface area contributed by atoms with Crippen molar-refractivity contribution in [2.45, 2.75) is 10.9 Å². The van der Waals surface area contributed by atoms with Crippen LogP contribution in [0.1, 0.15) is 5.56 Å². The van der Waals surface area contributed by atoms with Crippen LogP contribution in [0, 0.1) is 0 Å². The second kappa shape index (κ2) is 5.46. The first kappa shape index (κ1) is 12.9. The first-order valence-corrected chi connectivity index (χ1v) is 7.18. The summed E-state index contributed by atoms with van der Waals surface area (Å²) in [6.45, 7) is 0. The molecule has 102 valence electrons. The molecule has 0 amide bonds. The number of thioether (sulfide) groups is 1. The fraction of sp³-hybridized carbons (Fsp3) is 0.231. The predicted octanol–water partition coefficient (Wildman–Crippen LogP) is 2.09. The van der Waals surface area contributed by atoms with Gasteiger partial charge in [0.1, 0.15) is 5.82 Å². The van der Waals surface area contributed by atoms with Crippen molar-refractivity contribution >= 4 is 28.5 Å². The van der Waals surface area contributed by atoms with Gasteiger partial charge in [-0.3, -0.25) is 0 Å². The van der Waals surface area contributed by atoms with Crippen LogP contribution < -0.4 is 5.32 Å². The van der Waals surface area contributed by atoms with E-state index in [1.54, 1.807) is 16.4 Å². The Morgan fingerprint density at radius 2 is 2.15 bits per heavy atom. The number of anilines is 1. The quantitative estimate of drug-likeness (QED) is 0.741. The molecular formula is C13H14N6S. The van der Waals surface area contributed by atoms with Crippen molar-refractivity contribution in [3.8, 4) is 0 Å². The van der Waals surface area contributed by atoms with Crippen LogP contribution in [-0.4, -0.2) is 32.2 Å². The third kappa shape index (κ3) is 2.44. The van der Waals surface area contributed by atoms with Crippen LogP contribution in [0.2, 0.25) is 0 Å². The van der Waals surface area contributed by atoms with Crippen molar-refractivity contribution in [1.29, 1.82) is 0 Å². The number of benzene rings is 1. The van der Waals surface area contributed by atoms with Gasteiger partial charge in [-0.05, 0) is 22.6 Å². The zero-order valence-electron chi connectivity index (χ0n) is 11.2. The van der Waals surface area contributed by atoms with Crippen molar-refractivity contribution in [2.75, 3.05) is 12.4 Å². The lowest BCUT2D eigenvalue weighted by molar-refractivity contribution is 0.664. The summed E-state index contributed by atoms with van der Waals surface area (Å²) in [4.78, 5) is 4.63. The van der Waals surface area contributed by atoms with Crippen LogP contribution in [0.4, 0.5) is 5.82 Å². The molecule has 0 spiro atoms. The maximum Gasteiger partial charge on any atom is 0.209 e. The van der Waals surface area contributed by atoms with Crippen LogP contribution in [0.3, 0.4) is 0 Å². The highest BCUT2D eigenvalue weighted by atomic mass is 32.2. The maximum absolute atomic E-state index is 4.63. The van der Waals surface area contributed by atoms with Crippen LogP contribution in [0.25, 0.3) is 10.9 Å². The molecular weight excluding hydrogens is 272 g/mol. The highest BCUT2D eigenvalue weighted by Crippen LogP contribution is 2.26. The summed E-state index contributed by atoms with van der Waals surface area (Å²) in [5.74, 6) is 1.66.